The number of amides is 3. The number of imidazole rings is 1. The fourth-order valence-corrected chi connectivity index (χ4v) is 5.93. The summed E-state index contributed by atoms with van der Waals surface area (Å²) in [7, 11) is 0. The second-order valence-electron chi connectivity index (χ2n) is 14.4. The Morgan fingerprint density at radius 3 is 2.33 bits per heavy atom. The molecule has 0 aliphatic heterocycles. The lowest BCUT2D eigenvalue weighted by Gasteiger charge is -2.34. The molecule has 0 aliphatic carbocycles. The average Bonchev–Trinajstić information content (AvgIpc) is 3.62. The third-order valence-electron chi connectivity index (χ3n) is 8.44. The molecule has 0 aliphatic rings. The first-order valence-corrected chi connectivity index (χ1v) is 17.7. The molecule has 1 aromatic heterocycles. The van der Waals surface area contributed by atoms with Crippen molar-refractivity contribution in [2.24, 2.45) is 11.7 Å². The van der Waals surface area contributed by atoms with Gasteiger partial charge >= 0.3 is 12.1 Å². The van der Waals surface area contributed by atoms with E-state index in [-0.39, 0.29) is 38.2 Å². The summed E-state index contributed by atoms with van der Waals surface area (Å²) in [5.41, 5.74) is 7.61. The molecular formula is C40H51N5O7. The zero-order chi connectivity index (χ0) is 37.8. The molecular weight excluding hydrogens is 662 g/mol. The summed E-state index contributed by atoms with van der Waals surface area (Å²) >= 11 is 0. The summed E-state index contributed by atoms with van der Waals surface area (Å²) < 4.78 is 11.1. The van der Waals surface area contributed by atoms with Crippen molar-refractivity contribution in [3.05, 3.63) is 102 Å². The fourth-order valence-electron chi connectivity index (χ4n) is 5.93. The van der Waals surface area contributed by atoms with E-state index in [1.807, 2.05) is 86.6 Å². The number of imide groups is 1. The molecule has 278 valence electrons. The van der Waals surface area contributed by atoms with Gasteiger partial charge in [0.1, 0.15) is 18.2 Å². The molecule has 52 heavy (non-hydrogen) atoms. The summed E-state index contributed by atoms with van der Waals surface area (Å²) in [5.74, 6) is -1.97. The highest BCUT2D eigenvalue weighted by Gasteiger charge is 2.41. The number of aromatic nitrogens is 2. The van der Waals surface area contributed by atoms with E-state index >= 15 is 0 Å². The van der Waals surface area contributed by atoms with Crippen molar-refractivity contribution in [2.75, 3.05) is 0 Å². The Bertz CT molecular complexity index is 1770. The Hall–Kier alpha value is -5.07. The molecule has 12 nitrogen and oxygen atoms in total. The Balaban J connectivity index is 1.59. The largest absolute Gasteiger partial charge is 0.461 e. The van der Waals surface area contributed by atoms with Crippen LogP contribution in [0.3, 0.4) is 0 Å². The number of fused-ring (bicyclic) bond motifs is 1. The highest BCUT2D eigenvalue weighted by Crippen LogP contribution is 2.22. The average molecular weight is 714 g/mol. The maximum Gasteiger partial charge on any atom is 0.417 e. The van der Waals surface area contributed by atoms with Gasteiger partial charge in [0.15, 0.2) is 0 Å². The number of H-pyrrole nitrogens is 1. The van der Waals surface area contributed by atoms with Gasteiger partial charge in [-0.3, -0.25) is 14.4 Å². The molecule has 0 saturated carbocycles. The predicted octanol–water partition coefficient (Wildman–Crippen LogP) is 5.22. The van der Waals surface area contributed by atoms with Gasteiger partial charge in [-0.2, -0.15) is 0 Å². The molecule has 0 saturated heterocycles. The molecule has 0 radical (unpaired) electrons. The lowest BCUT2D eigenvalue weighted by molar-refractivity contribution is -0.146. The van der Waals surface area contributed by atoms with Crippen LogP contribution in [0.15, 0.2) is 85.3 Å². The molecule has 12 heteroatoms. The van der Waals surface area contributed by atoms with Crippen LogP contribution in [0, 0.1) is 5.92 Å². The monoisotopic (exact) mass is 713 g/mol. The summed E-state index contributed by atoms with van der Waals surface area (Å²) in [5, 5.41) is 16.1. The van der Waals surface area contributed by atoms with E-state index in [0.29, 0.717) is 12.1 Å². The topological polar surface area (TPSA) is 177 Å². The van der Waals surface area contributed by atoms with Crippen LogP contribution in [0.1, 0.15) is 70.7 Å². The van der Waals surface area contributed by atoms with Crippen LogP contribution in [0.4, 0.5) is 4.79 Å². The number of hydrogen-bond acceptors (Lipinski definition) is 9. The first-order valence-electron chi connectivity index (χ1n) is 17.7. The number of nitrogens with one attached hydrogen (secondary N) is 2. The molecule has 4 rings (SSSR count). The van der Waals surface area contributed by atoms with E-state index in [4.69, 9.17) is 15.2 Å². The van der Waals surface area contributed by atoms with E-state index in [0.717, 1.165) is 26.8 Å². The first kappa shape index (κ1) is 39.7. The Morgan fingerprint density at radius 1 is 0.962 bits per heavy atom. The Kier molecular flexibility index (Phi) is 14.1. The van der Waals surface area contributed by atoms with Crippen LogP contribution < -0.4 is 11.1 Å². The highest BCUT2D eigenvalue weighted by molar-refractivity contribution is 6.00. The van der Waals surface area contributed by atoms with E-state index in [9.17, 15) is 24.3 Å². The maximum atomic E-state index is 14.3. The van der Waals surface area contributed by atoms with Crippen molar-refractivity contribution < 1.29 is 33.8 Å². The van der Waals surface area contributed by atoms with Crippen LogP contribution in [0.2, 0.25) is 0 Å². The van der Waals surface area contributed by atoms with Gasteiger partial charge in [0.25, 0.3) is 0 Å². The minimum absolute atomic E-state index is 0.0138. The smallest absolute Gasteiger partial charge is 0.417 e. The lowest BCUT2D eigenvalue weighted by atomic mass is 9.95. The minimum Gasteiger partial charge on any atom is -0.461 e. The van der Waals surface area contributed by atoms with Crippen molar-refractivity contribution >= 4 is 34.6 Å². The number of ether oxygens (including phenoxy) is 2. The van der Waals surface area contributed by atoms with E-state index in [1.165, 1.54) is 6.33 Å². The number of aliphatic hydroxyl groups is 1. The normalized spacial score (nSPS) is 13.9. The number of aromatic amines is 1. The van der Waals surface area contributed by atoms with Gasteiger partial charge in [-0.05, 0) is 67.9 Å². The highest BCUT2D eigenvalue weighted by atomic mass is 16.6. The number of aliphatic hydroxyl groups excluding tert-OH is 1. The Morgan fingerprint density at radius 2 is 1.65 bits per heavy atom. The molecule has 0 spiro atoms. The zero-order valence-corrected chi connectivity index (χ0v) is 30.6. The predicted molar refractivity (Wildman–Crippen MR) is 198 cm³/mol. The molecule has 3 amide bonds. The summed E-state index contributed by atoms with van der Waals surface area (Å²) in [6.45, 7) is 8.95. The van der Waals surface area contributed by atoms with Crippen LogP contribution >= 0.6 is 0 Å². The molecule has 5 N–H and O–H groups in total. The second-order valence-corrected chi connectivity index (χ2v) is 14.4. The van der Waals surface area contributed by atoms with Crippen LogP contribution in [-0.2, 0) is 43.3 Å². The Labute approximate surface area is 305 Å². The van der Waals surface area contributed by atoms with Gasteiger partial charge in [-0.1, -0.05) is 86.6 Å². The van der Waals surface area contributed by atoms with Gasteiger partial charge in [0.2, 0.25) is 11.8 Å². The van der Waals surface area contributed by atoms with Crippen LogP contribution in [0.25, 0.3) is 10.8 Å². The molecule has 4 aromatic rings. The number of esters is 1. The fraction of sp³-hybridized carbons (Fsp3) is 0.425. The van der Waals surface area contributed by atoms with Gasteiger partial charge in [0, 0.05) is 19.0 Å². The van der Waals surface area contributed by atoms with Gasteiger partial charge in [-0.25, -0.2) is 14.7 Å². The third-order valence-corrected chi connectivity index (χ3v) is 8.44. The molecule has 0 unspecified atom stereocenters. The lowest BCUT2D eigenvalue weighted by Crippen LogP contribution is -2.60. The van der Waals surface area contributed by atoms with Gasteiger partial charge in [0.05, 0.1) is 30.2 Å². The number of nitrogens with two attached hydrogens (primary N) is 1. The molecule has 0 bridgehead atoms. The van der Waals surface area contributed by atoms with E-state index < -0.39 is 53.7 Å². The quantitative estimate of drug-likeness (QED) is 0.113. The summed E-state index contributed by atoms with van der Waals surface area (Å²) in [6, 6.07) is 19.2. The zero-order valence-electron chi connectivity index (χ0n) is 30.6. The number of hydrogen-bond donors (Lipinski definition) is 4. The van der Waals surface area contributed by atoms with Gasteiger partial charge in [-0.15, -0.1) is 0 Å². The van der Waals surface area contributed by atoms with Crippen molar-refractivity contribution in [3.8, 4) is 0 Å². The molecule has 3 aromatic carbocycles. The van der Waals surface area contributed by atoms with Crippen molar-refractivity contribution in [3.63, 3.8) is 0 Å². The first-order chi connectivity index (χ1) is 24.7. The molecule has 4 atom stereocenters. The molecule has 1 heterocycles. The van der Waals surface area contributed by atoms with Crippen molar-refractivity contribution in [1.29, 1.82) is 0 Å². The maximum absolute atomic E-state index is 14.3. The number of nitrogens with zero attached hydrogens (tertiary/aromatic N) is 2. The van der Waals surface area contributed by atoms with Crippen LogP contribution in [-0.4, -0.2) is 73.7 Å². The number of carbonyl (C=O) groups is 4. The third kappa shape index (κ3) is 11.7. The van der Waals surface area contributed by atoms with Crippen molar-refractivity contribution in [1.82, 2.24) is 20.2 Å². The molecule has 0 fully saturated rings. The summed E-state index contributed by atoms with van der Waals surface area (Å²) in [6.07, 6.45) is 1.03. The number of carbonyl (C=O) groups excluding carboxylic acids is 4. The van der Waals surface area contributed by atoms with E-state index in [2.05, 4.69) is 15.3 Å². The number of benzene rings is 3. The number of rotatable bonds is 16. The summed E-state index contributed by atoms with van der Waals surface area (Å²) in [4.78, 5) is 63.0. The van der Waals surface area contributed by atoms with Crippen molar-refractivity contribution in [2.45, 2.75) is 103 Å². The SMILES string of the molecule is CC(C)C[C@H](NC(=O)[C@@H](Cc1c[nH]cn1)N(C(=O)OC(C)(C)C)C(=O)[C@@H](N)Cc1cccc2ccccc12)[C@@H](O)CCC(=O)OCc1ccccc1. The van der Waals surface area contributed by atoms with Crippen LogP contribution in [0.5, 0.6) is 0 Å². The van der Waals surface area contributed by atoms with Gasteiger partial charge < -0.3 is 30.6 Å². The van der Waals surface area contributed by atoms with E-state index in [1.54, 1.807) is 27.0 Å². The second kappa shape index (κ2) is 18.4. The standard InChI is InChI=1S/C40H51N5O7/c1-26(2)20-33(35(46)18-19-36(47)51-24-27-12-7-6-8-13-27)44-37(48)34(22-30-23-42-25-43-30)45(39(50)52-40(3,4)5)38(49)32(41)21-29-16-11-15-28-14-9-10-17-31(28)29/h6-17,23,25-26,32-35,46H,18-22,24,41H2,1-5H3,(H,42,43)(H,44,48)/t32-,33-,34+,35-/m0/s1. The minimum atomic E-state index is -1.44.